The second-order valence-corrected chi connectivity index (χ2v) is 12.3. The van der Waals surface area contributed by atoms with Gasteiger partial charge in [-0.05, 0) is 0 Å². The molecule has 0 unspecified atom stereocenters. The summed E-state index contributed by atoms with van der Waals surface area (Å²) in [6.45, 7) is 0. The van der Waals surface area contributed by atoms with Gasteiger partial charge in [-0.2, -0.15) is 79.0 Å². The quantitative estimate of drug-likeness (QED) is 0.261. The highest BCUT2D eigenvalue weighted by atomic mass is 79.9. The van der Waals surface area contributed by atoms with Crippen LogP contribution in [0.15, 0.2) is 0 Å². The topological polar surface area (TPSA) is 68.3 Å². The Kier molecular flexibility index (Phi) is 7.85. The molecular formula is C9HBrF18O4S2. The van der Waals surface area contributed by atoms with Gasteiger partial charge < -0.3 is 0 Å². The van der Waals surface area contributed by atoms with Gasteiger partial charge in [-0.15, -0.1) is 0 Å². The van der Waals surface area contributed by atoms with Crippen LogP contribution in [0.1, 0.15) is 0 Å². The van der Waals surface area contributed by atoms with E-state index in [-0.39, 0.29) is 0 Å². The lowest BCUT2D eigenvalue weighted by Crippen LogP contribution is -2.67. The first kappa shape index (κ1) is 33.1. The van der Waals surface area contributed by atoms with E-state index in [1.54, 1.807) is 0 Å². The highest BCUT2D eigenvalue weighted by Gasteiger charge is 2.89. The zero-order chi connectivity index (χ0) is 28.6. The fourth-order valence-electron chi connectivity index (χ4n) is 1.48. The molecule has 4 nitrogen and oxygen atoms in total. The first-order chi connectivity index (χ1) is 14.2. The fourth-order valence-corrected chi connectivity index (χ4v) is 6.38. The molecule has 0 bridgehead atoms. The highest BCUT2D eigenvalue weighted by Crippen LogP contribution is 2.59. The Bertz CT molecular complexity index is 911. The van der Waals surface area contributed by atoms with Crippen molar-refractivity contribution in [2.75, 3.05) is 0 Å². The van der Waals surface area contributed by atoms with E-state index in [0.29, 0.717) is 15.9 Å². The second-order valence-electron chi connectivity index (χ2n) is 5.69. The Morgan fingerprint density at radius 1 is 0.412 bits per heavy atom. The van der Waals surface area contributed by atoms with E-state index < -0.39 is 69.7 Å². The average molecular weight is 659 g/mol. The third-order valence-corrected chi connectivity index (χ3v) is 10.8. The minimum Gasteiger partial charge on any atom is -0.220 e. The maximum absolute atomic E-state index is 13.5. The summed E-state index contributed by atoms with van der Waals surface area (Å²) < 4.78 is 269. The van der Waals surface area contributed by atoms with Gasteiger partial charge in [-0.25, -0.2) is 16.8 Å². The predicted octanol–water partition coefficient (Wildman–Crippen LogP) is 5.35. The summed E-state index contributed by atoms with van der Waals surface area (Å²) >= 11 is 0.557. The van der Waals surface area contributed by atoms with Crippen LogP contribution >= 0.6 is 15.9 Å². The minimum atomic E-state index is -8.60. The summed E-state index contributed by atoms with van der Waals surface area (Å²) in [5, 5.41) is -16.3. The van der Waals surface area contributed by atoms with E-state index in [1.807, 2.05) is 0 Å². The third kappa shape index (κ3) is 4.09. The van der Waals surface area contributed by atoms with Gasteiger partial charge in [0, 0.05) is 0 Å². The zero-order valence-corrected chi connectivity index (χ0v) is 17.4. The van der Waals surface area contributed by atoms with Gasteiger partial charge >= 0.3 is 46.6 Å². The Morgan fingerprint density at radius 3 is 0.735 bits per heavy atom. The van der Waals surface area contributed by atoms with E-state index >= 15 is 0 Å². The summed E-state index contributed by atoms with van der Waals surface area (Å²) in [6.07, 6.45) is -15.5. The molecule has 0 amide bonds. The number of hydrogen-bond donors (Lipinski definition) is 0. The number of hydrogen-bond acceptors (Lipinski definition) is 4. The van der Waals surface area contributed by atoms with Crippen molar-refractivity contribution in [1.82, 2.24) is 0 Å². The molecule has 0 heterocycles. The van der Waals surface area contributed by atoms with E-state index in [2.05, 4.69) is 0 Å². The monoisotopic (exact) mass is 658 g/mol. The molecule has 0 saturated carbocycles. The summed E-state index contributed by atoms with van der Waals surface area (Å²) in [5.41, 5.74) is 0. The van der Waals surface area contributed by atoms with E-state index in [1.165, 1.54) is 0 Å². The van der Waals surface area contributed by atoms with E-state index in [4.69, 9.17) is 0 Å². The smallest absolute Gasteiger partial charge is 0.220 e. The highest BCUT2D eigenvalue weighted by molar-refractivity contribution is 9.13. The van der Waals surface area contributed by atoms with Crippen molar-refractivity contribution < 1.29 is 95.9 Å². The lowest BCUT2D eigenvalue weighted by molar-refractivity contribution is -0.382. The van der Waals surface area contributed by atoms with Crippen LogP contribution in [0.3, 0.4) is 0 Å². The molecule has 25 heteroatoms. The Balaban J connectivity index is 7.01. The van der Waals surface area contributed by atoms with Gasteiger partial charge in [-0.1, -0.05) is 15.9 Å². The maximum Gasteiger partial charge on any atom is 0.460 e. The largest absolute Gasteiger partial charge is 0.460 e. The van der Waals surface area contributed by atoms with Crippen molar-refractivity contribution in [3.63, 3.8) is 0 Å². The molecule has 0 saturated heterocycles. The fraction of sp³-hybridized carbons (Fsp3) is 1.00. The minimum absolute atomic E-state index is 0.557. The van der Waals surface area contributed by atoms with Crippen LogP contribution in [0.25, 0.3) is 0 Å². The molecule has 0 aromatic heterocycles. The standard InChI is InChI=1S/C9HBrF18O4S2/c10-1(33(29,30)8(25,26)4(15,16)2(11,12)6(19,20)21)34(31,32)9(27,28)5(17,18)3(13,14)7(22,23)24/h1H. The molecule has 0 rings (SSSR count). The Labute approximate surface area is 182 Å². The van der Waals surface area contributed by atoms with Crippen LogP contribution in [0, 0.1) is 0 Å². The first-order valence-electron chi connectivity index (χ1n) is 6.67. The molecule has 0 aliphatic carbocycles. The molecule has 0 atom stereocenters. The maximum atomic E-state index is 13.5. The Hall–Kier alpha value is -0.880. The molecule has 206 valence electrons. The molecule has 0 spiro atoms. The van der Waals surface area contributed by atoms with Crippen molar-refractivity contribution in [2.45, 2.75) is 50.0 Å². The number of alkyl halides is 19. The zero-order valence-electron chi connectivity index (χ0n) is 14.2. The first-order valence-corrected chi connectivity index (χ1v) is 10.7. The van der Waals surface area contributed by atoms with Crippen molar-refractivity contribution in [3.8, 4) is 0 Å². The SMILES string of the molecule is O=S(=O)(C(Br)S(=O)(=O)C(F)(F)C(F)(F)C(F)(F)C(F)(F)F)C(F)(F)C(F)(F)C(F)(F)C(F)(F)F. The van der Waals surface area contributed by atoms with Gasteiger partial charge in [0.15, 0.2) is 0 Å². The van der Waals surface area contributed by atoms with Gasteiger partial charge in [0.2, 0.25) is 23.2 Å². The summed E-state index contributed by atoms with van der Waals surface area (Å²) in [7, 11) is -17.2. The van der Waals surface area contributed by atoms with Crippen LogP contribution in [-0.2, 0) is 19.7 Å². The summed E-state index contributed by atoms with van der Waals surface area (Å²) in [5.74, 6) is -32.8. The number of sulfone groups is 2. The molecule has 0 aliphatic rings. The molecular weight excluding hydrogens is 658 g/mol. The van der Waals surface area contributed by atoms with Crippen molar-refractivity contribution >= 4 is 35.6 Å². The lowest BCUT2D eigenvalue weighted by atomic mass is 10.1. The van der Waals surface area contributed by atoms with Crippen molar-refractivity contribution in [2.24, 2.45) is 0 Å². The predicted molar refractivity (Wildman–Crippen MR) is 72.3 cm³/mol. The molecule has 34 heavy (non-hydrogen) atoms. The number of rotatable bonds is 8. The summed E-state index contributed by atoms with van der Waals surface area (Å²) in [4.78, 5) is 0. The molecule has 0 radical (unpaired) electrons. The number of halogens is 19. The van der Waals surface area contributed by atoms with Gasteiger partial charge in [-0.3, -0.25) is 0 Å². The van der Waals surface area contributed by atoms with Crippen LogP contribution < -0.4 is 0 Å². The Morgan fingerprint density at radius 2 is 0.588 bits per heavy atom. The average Bonchev–Trinajstić information content (AvgIpc) is 2.57. The van der Waals surface area contributed by atoms with Crippen LogP contribution in [0.2, 0.25) is 0 Å². The van der Waals surface area contributed by atoms with E-state index in [9.17, 15) is 95.9 Å². The molecule has 0 fully saturated rings. The van der Waals surface area contributed by atoms with E-state index in [0.717, 1.165) is 0 Å². The molecule has 0 aliphatic heterocycles. The molecule has 0 N–H and O–H groups in total. The van der Waals surface area contributed by atoms with Gasteiger partial charge in [0.25, 0.3) is 0 Å². The summed E-state index contributed by atoms with van der Waals surface area (Å²) in [6, 6.07) is 0. The van der Waals surface area contributed by atoms with Crippen molar-refractivity contribution in [1.29, 1.82) is 0 Å². The van der Waals surface area contributed by atoms with Gasteiger partial charge in [0.05, 0.1) is 0 Å². The molecule has 0 aromatic rings. The normalized spacial score (nSPS) is 16.8. The van der Waals surface area contributed by atoms with Crippen LogP contribution in [-0.4, -0.2) is 66.9 Å². The van der Waals surface area contributed by atoms with Gasteiger partial charge in [0.1, 0.15) is 0 Å². The molecule has 0 aromatic carbocycles. The second kappa shape index (κ2) is 8.06. The van der Waals surface area contributed by atoms with Crippen molar-refractivity contribution in [3.05, 3.63) is 0 Å². The lowest BCUT2D eigenvalue weighted by Gasteiger charge is -2.36. The third-order valence-electron chi connectivity index (χ3n) is 3.43. The van der Waals surface area contributed by atoms with Crippen LogP contribution in [0.5, 0.6) is 0 Å². The van der Waals surface area contributed by atoms with Crippen LogP contribution in [0.4, 0.5) is 79.0 Å².